The summed E-state index contributed by atoms with van der Waals surface area (Å²) in [5, 5.41) is 9.77. The minimum Gasteiger partial charge on any atom is -0.436 e. The first kappa shape index (κ1) is 25.3. The molecule has 7 nitrogen and oxygen atoms in total. The fourth-order valence-corrected chi connectivity index (χ4v) is 6.35. The molecule has 200 valence electrons. The van der Waals surface area contributed by atoms with E-state index in [9.17, 15) is 4.79 Å². The third-order valence-electron chi connectivity index (χ3n) is 8.17. The highest BCUT2D eigenvalue weighted by atomic mass is 16.7. The number of hydroxylamine groups is 1. The van der Waals surface area contributed by atoms with Crippen LogP contribution in [0.25, 0.3) is 44.6 Å². The Morgan fingerprint density at radius 2 is 1.90 bits per heavy atom. The van der Waals surface area contributed by atoms with Gasteiger partial charge in [-0.15, -0.1) is 0 Å². The molecule has 2 aromatic heterocycles. The van der Waals surface area contributed by atoms with Gasteiger partial charge in [0.05, 0.1) is 17.5 Å². The van der Waals surface area contributed by atoms with Crippen molar-refractivity contribution < 1.29 is 14.0 Å². The van der Waals surface area contributed by atoms with Crippen LogP contribution >= 0.6 is 0 Å². The Balaban J connectivity index is 1.43. The zero-order valence-electron chi connectivity index (χ0n) is 22.8. The highest BCUT2D eigenvalue weighted by Gasteiger charge is 2.48. The summed E-state index contributed by atoms with van der Waals surface area (Å²) in [7, 11) is 0. The van der Waals surface area contributed by atoms with Crippen molar-refractivity contribution >= 4 is 27.8 Å². The highest BCUT2D eigenvalue weighted by molar-refractivity contribution is 5.95. The second-order valence-electron chi connectivity index (χ2n) is 11.3. The van der Waals surface area contributed by atoms with Crippen LogP contribution in [0.2, 0.25) is 0 Å². The average molecular weight is 523 g/mol. The number of carbonyl (C=O) groups excluding carboxylic acids is 1. The molecule has 0 radical (unpaired) electrons. The number of aromatic amines is 1. The molecule has 3 aromatic carbocycles. The van der Waals surface area contributed by atoms with Gasteiger partial charge in [0.1, 0.15) is 11.1 Å². The van der Waals surface area contributed by atoms with Gasteiger partial charge in [0.2, 0.25) is 11.8 Å². The zero-order valence-corrected chi connectivity index (χ0v) is 22.8. The Morgan fingerprint density at radius 1 is 1.10 bits per heavy atom. The highest BCUT2D eigenvalue weighted by Crippen LogP contribution is 2.50. The fourth-order valence-electron chi connectivity index (χ4n) is 6.35. The summed E-state index contributed by atoms with van der Waals surface area (Å²) in [6.45, 7) is 8.22. The summed E-state index contributed by atoms with van der Waals surface area (Å²) in [6, 6.07) is 20.6. The van der Waals surface area contributed by atoms with Crippen LogP contribution in [0.15, 0.2) is 71.3 Å². The van der Waals surface area contributed by atoms with E-state index < -0.39 is 5.60 Å². The molecule has 1 aliphatic rings. The normalized spacial score (nSPS) is 21.6. The number of H-pyrrole nitrogens is 1. The largest absolute Gasteiger partial charge is 0.436 e. The number of hydrogen-bond acceptors (Lipinski definition) is 5. The molecule has 1 fully saturated rings. The third-order valence-corrected chi connectivity index (χ3v) is 8.17. The molecule has 0 bridgehead atoms. The molecule has 3 atom stereocenters. The molecule has 1 saturated carbocycles. The number of rotatable bonds is 6. The lowest BCUT2D eigenvalue weighted by atomic mass is 9.64. The first-order valence-corrected chi connectivity index (χ1v) is 13.7. The Labute approximate surface area is 227 Å². The third kappa shape index (κ3) is 4.61. The Hall–Kier alpha value is -3.97. The quantitative estimate of drug-likeness (QED) is 0.227. The van der Waals surface area contributed by atoms with Gasteiger partial charge in [0.25, 0.3) is 0 Å². The van der Waals surface area contributed by atoms with Crippen LogP contribution in [0.3, 0.4) is 0 Å². The molecule has 2 heterocycles. The first-order chi connectivity index (χ1) is 18.8. The summed E-state index contributed by atoms with van der Waals surface area (Å²) in [6.07, 6.45) is 4.77. The second kappa shape index (κ2) is 9.97. The van der Waals surface area contributed by atoms with Crippen LogP contribution in [0, 0.1) is 17.8 Å². The summed E-state index contributed by atoms with van der Waals surface area (Å²) >= 11 is 0. The van der Waals surface area contributed by atoms with E-state index in [1.165, 1.54) is 6.92 Å². The van der Waals surface area contributed by atoms with E-state index in [2.05, 4.69) is 72.8 Å². The van der Waals surface area contributed by atoms with Gasteiger partial charge in [-0.2, -0.15) is 5.10 Å². The standard InChI is InChI=1S/C32H34N4O3/c1-19(2)27-13-12-20(3)17-32(27,39-36-21(4)37)25-11-7-10-24(14-25)30-26(18-33-35-30)31-34-28-15-22-8-5-6-9-23(22)16-29(28)38-31/h5-11,14-16,18-20,27H,12-13,17H2,1-4H3,(H,33,35)(H,36,37). The molecule has 1 aliphatic carbocycles. The van der Waals surface area contributed by atoms with Gasteiger partial charge in [0.15, 0.2) is 5.58 Å². The van der Waals surface area contributed by atoms with Crippen molar-refractivity contribution in [3.63, 3.8) is 0 Å². The number of oxazole rings is 1. The predicted octanol–water partition coefficient (Wildman–Crippen LogP) is 7.39. The van der Waals surface area contributed by atoms with Crippen molar-refractivity contribution in [2.45, 2.75) is 52.6 Å². The molecule has 1 amide bonds. The van der Waals surface area contributed by atoms with Crippen LogP contribution in [-0.2, 0) is 15.2 Å². The van der Waals surface area contributed by atoms with E-state index in [0.717, 1.165) is 63.5 Å². The molecular formula is C32H34N4O3. The lowest BCUT2D eigenvalue weighted by Gasteiger charge is -2.47. The van der Waals surface area contributed by atoms with Crippen molar-refractivity contribution in [1.29, 1.82) is 0 Å². The number of benzene rings is 3. The molecule has 0 saturated heterocycles. The topological polar surface area (TPSA) is 93.0 Å². The maximum Gasteiger partial charge on any atom is 0.240 e. The van der Waals surface area contributed by atoms with Crippen LogP contribution < -0.4 is 5.48 Å². The van der Waals surface area contributed by atoms with Gasteiger partial charge in [-0.05, 0) is 65.1 Å². The number of nitrogens with zero attached hydrogens (tertiary/aromatic N) is 2. The summed E-state index contributed by atoms with van der Waals surface area (Å²) in [5.41, 5.74) is 7.23. The minimum atomic E-state index is -0.634. The van der Waals surface area contributed by atoms with Crippen LogP contribution in [0.1, 0.15) is 52.5 Å². The van der Waals surface area contributed by atoms with E-state index in [0.29, 0.717) is 17.7 Å². The Morgan fingerprint density at radius 3 is 2.67 bits per heavy atom. The van der Waals surface area contributed by atoms with Gasteiger partial charge in [0, 0.05) is 12.5 Å². The number of nitrogens with one attached hydrogen (secondary N) is 2. The second-order valence-corrected chi connectivity index (χ2v) is 11.3. The molecule has 0 aliphatic heterocycles. The zero-order chi connectivity index (χ0) is 27.1. The number of carbonyl (C=O) groups is 1. The van der Waals surface area contributed by atoms with Crippen LogP contribution in [-0.4, -0.2) is 21.1 Å². The van der Waals surface area contributed by atoms with Gasteiger partial charge < -0.3 is 4.42 Å². The van der Waals surface area contributed by atoms with Crippen molar-refractivity contribution in [3.05, 3.63) is 72.4 Å². The van der Waals surface area contributed by atoms with Gasteiger partial charge in [-0.1, -0.05) is 69.7 Å². The molecule has 6 rings (SSSR count). The maximum absolute atomic E-state index is 12.0. The molecule has 7 heteroatoms. The molecule has 2 N–H and O–H groups in total. The lowest BCUT2D eigenvalue weighted by molar-refractivity contribution is -0.188. The fraction of sp³-hybridized carbons (Fsp3) is 0.344. The van der Waals surface area contributed by atoms with Crippen molar-refractivity contribution in [2.75, 3.05) is 0 Å². The van der Waals surface area contributed by atoms with Gasteiger partial charge >= 0.3 is 0 Å². The smallest absolute Gasteiger partial charge is 0.240 e. The Bertz CT molecular complexity index is 1600. The summed E-state index contributed by atoms with van der Waals surface area (Å²) in [5.74, 6) is 1.42. The first-order valence-electron chi connectivity index (χ1n) is 13.7. The lowest BCUT2D eigenvalue weighted by Crippen LogP contribution is -2.49. The Kier molecular flexibility index (Phi) is 6.47. The van der Waals surface area contributed by atoms with Crippen LogP contribution in [0.5, 0.6) is 0 Å². The average Bonchev–Trinajstić information content (AvgIpc) is 3.57. The molecular weight excluding hydrogens is 488 g/mol. The van der Waals surface area contributed by atoms with Crippen molar-refractivity contribution in [1.82, 2.24) is 20.7 Å². The van der Waals surface area contributed by atoms with E-state index >= 15 is 0 Å². The number of amides is 1. The SMILES string of the molecule is CC(=O)NOC1(c2cccc(-c3[nH]ncc3-c3nc4cc5ccccc5cc4o3)c2)CC(C)CCC1C(C)C. The van der Waals surface area contributed by atoms with Crippen molar-refractivity contribution in [3.8, 4) is 22.7 Å². The monoisotopic (exact) mass is 522 g/mol. The van der Waals surface area contributed by atoms with Gasteiger partial charge in [-0.3, -0.25) is 14.7 Å². The molecule has 5 aromatic rings. The summed E-state index contributed by atoms with van der Waals surface area (Å²) in [4.78, 5) is 23.1. The van der Waals surface area contributed by atoms with Crippen molar-refractivity contribution in [2.24, 2.45) is 17.8 Å². The molecule has 39 heavy (non-hydrogen) atoms. The number of fused-ring (bicyclic) bond motifs is 2. The van der Waals surface area contributed by atoms with E-state index in [1.54, 1.807) is 6.20 Å². The summed E-state index contributed by atoms with van der Waals surface area (Å²) < 4.78 is 6.23. The predicted molar refractivity (Wildman–Crippen MR) is 152 cm³/mol. The van der Waals surface area contributed by atoms with Gasteiger partial charge in [-0.25, -0.2) is 10.5 Å². The maximum atomic E-state index is 12.0. The molecule has 0 spiro atoms. The number of aromatic nitrogens is 3. The van der Waals surface area contributed by atoms with E-state index in [-0.39, 0.29) is 11.8 Å². The molecule has 3 unspecified atom stereocenters. The van der Waals surface area contributed by atoms with E-state index in [1.807, 2.05) is 24.3 Å². The minimum absolute atomic E-state index is 0.203. The van der Waals surface area contributed by atoms with E-state index in [4.69, 9.17) is 14.2 Å². The number of hydrogen-bond donors (Lipinski definition) is 2. The van der Waals surface area contributed by atoms with Crippen LogP contribution in [0.4, 0.5) is 0 Å².